The van der Waals surface area contributed by atoms with Gasteiger partial charge in [-0.2, -0.15) is 0 Å². The molecule has 1 saturated heterocycles. The van der Waals surface area contributed by atoms with Crippen molar-refractivity contribution in [1.82, 2.24) is 4.90 Å². The van der Waals surface area contributed by atoms with Crippen molar-refractivity contribution >= 4 is 17.4 Å². The number of carbonyl (C=O) groups excluding carboxylic acids is 2. The first-order valence-corrected chi connectivity index (χ1v) is 9.67. The highest BCUT2D eigenvalue weighted by atomic mass is 16.5. The Balaban J connectivity index is 2.19. The molecule has 3 rings (SSSR count). The Morgan fingerprint density at radius 3 is 2.57 bits per heavy atom. The standard InChI is InChI=1S/C23H25NO6/c1-4-30-16-9-7-8-15(14-16)20-19(22(26)23(27)24(20)12-13-28-2)21(25)17-10-5-6-11-18(17)29-3/h5-11,14,20,25H,4,12-13H2,1-3H3/b21-19-. The van der Waals surface area contributed by atoms with Crippen LogP contribution in [0, 0.1) is 0 Å². The lowest BCUT2D eigenvalue weighted by atomic mass is 9.95. The molecule has 0 saturated carbocycles. The number of para-hydroxylation sites is 1. The van der Waals surface area contributed by atoms with Gasteiger partial charge in [-0.15, -0.1) is 0 Å². The molecule has 1 aliphatic heterocycles. The number of Topliss-reactive ketones (excluding diaryl/α,β-unsaturated/α-hetero) is 1. The van der Waals surface area contributed by atoms with Gasteiger partial charge in [-0.05, 0) is 36.8 Å². The molecule has 7 nitrogen and oxygen atoms in total. The van der Waals surface area contributed by atoms with E-state index in [4.69, 9.17) is 14.2 Å². The molecule has 2 aromatic rings. The summed E-state index contributed by atoms with van der Waals surface area (Å²) in [6, 6.07) is 13.2. The summed E-state index contributed by atoms with van der Waals surface area (Å²) in [6.07, 6.45) is 0. The molecule has 1 aliphatic rings. The van der Waals surface area contributed by atoms with E-state index in [9.17, 15) is 14.7 Å². The number of likely N-dealkylation sites (tertiary alicyclic amines) is 1. The Labute approximate surface area is 175 Å². The topological polar surface area (TPSA) is 85.3 Å². The van der Waals surface area contributed by atoms with Gasteiger partial charge in [0, 0.05) is 13.7 Å². The Morgan fingerprint density at radius 2 is 1.87 bits per heavy atom. The smallest absolute Gasteiger partial charge is 0.295 e. The monoisotopic (exact) mass is 411 g/mol. The van der Waals surface area contributed by atoms with Gasteiger partial charge in [-0.25, -0.2) is 0 Å². The van der Waals surface area contributed by atoms with Crippen LogP contribution in [0.2, 0.25) is 0 Å². The molecule has 0 bridgehead atoms. The summed E-state index contributed by atoms with van der Waals surface area (Å²) in [6.45, 7) is 2.81. The first kappa shape index (κ1) is 21.4. The van der Waals surface area contributed by atoms with E-state index in [1.807, 2.05) is 6.92 Å². The van der Waals surface area contributed by atoms with E-state index >= 15 is 0 Å². The lowest BCUT2D eigenvalue weighted by Crippen LogP contribution is -2.32. The van der Waals surface area contributed by atoms with Crippen LogP contribution in [0.5, 0.6) is 11.5 Å². The van der Waals surface area contributed by atoms with Crippen LogP contribution < -0.4 is 9.47 Å². The van der Waals surface area contributed by atoms with Crippen molar-refractivity contribution in [3.8, 4) is 11.5 Å². The van der Waals surface area contributed by atoms with Crippen molar-refractivity contribution < 1.29 is 28.9 Å². The van der Waals surface area contributed by atoms with Crippen LogP contribution in [-0.4, -0.2) is 55.7 Å². The van der Waals surface area contributed by atoms with E-state index < -0.39 is 17.7 Å². The van der Waals surface area contributed by atoms with Crippen LogP contribution in [0.25, 0.3) is 5.76 Å². The van der Waals surface area contributed by atoms with Gasteiger partial charge >= 0.3 is 0 Å². The summed E-state index contributed by atoms with van der Waals surface area (Å²) < 4.78 is 16.0. The van der Waals surface area contributed by atoms with Gasteiger partial charge in [0.15, 0.2) is 0 Å². The van der Waals surface area contributed by atoms with Crippen molar-refractivity contribution in [1.29, 1.82) is 0 Å². The summed E-state index contributed by atoms with van der Waals surface area (Å²) in [5.41, 5.74) is 1.01. The third-order valence-corrected chi connectivity index (χ3v) is 4.92. The SMILES string of the molecule is CCOc1cccc(C2/C(=C(/O)c3ccccc3OC)C(=O)C(=O)N2CCOC)c1. The molecule has 0 aromatic heterocycles. The fraction of sp³-hybridized carbons (Fsp3) is 0.304. The number of amides is 1. The fourth-order valence-corrected chi connectivity index (χ4v) is 3.57. The van der Waals surface area contributed by atoms with E-state index in [0.29, 0.717) is 29.2 Å². The molecule has 0 aliphatic carbocycles. The summed E-state index contributed by atoms with van der Waals surface area (Å²) in [5, 5.41) is 11.1. The zero-order valence-corrected chi connectivity index (χ0v) is 17.3. The number of methoxy groups -OCH3 is 2. The second-order valence-corrected chi connectivity index (χ2v) is 6.69. The number of carbonyl (C=O) groups is 2. The predicted octanol–water partition coefficient (Wildman–Crippen LogP) is 3.16. The van der Waals surface area contributed by atoms with Gasteiger partial charge in [0.1, 0.15) is 17.3 Å². The number of ketones is 1. The molecule has 0 radical (unpaired) electrons. The molecule has 1 N–H and O–H groups in total. The third-order valence-electron chi connectivity index (χ3n) is 4.92. The Bertz CT molecular complexity index is 968. The highest BCUT2D eigenvalue weighted by Crippen LogP contribution is 2.41. The molecule has 1 fully saturated rings. The van der Waals surface area contributed by atoms with Gasteiger partial charge in [0.05, 0.1) is 37.5 Å². The third kappa shape index (κ3) is 4.02. The number of hydrogen-bond donors (Lipinski definition) is 1. The predicted molar refractivity (Wildman–Crippen MR) is 111 cm³/mol. The number of aliphatic hydroxyl groups excluding tert-OH is 1. The average Bonchev–Trinajstić information content (AvgIpc) is 3.02. The van der Waals surface area contributed by atoms with Crippen LogP contribution in [0.3, 0.4) is 0 Å². The van der Waals surface area contributed by atoms with E-state index in [1.54, 1.807) is 48.5 Å². The Morgan fingerprint density at radius 1 is 1.10 bits per heavy atom. The number of nitrogens with zero attached hydrogens (tertiary/aromatic N) is 1. The summed E-state index contributed by atoms with van der Waals surface area (Å²) in [5.74, 6) is -0.696. The van der Waals surface area contributed by atoms with Crippen LogP contribution in [0.15, 0.2) is 54.1 Å². The van der Waals surface area contributed by atoms with Crippen molar-refractivity contribution in [2.45, 2.75) is 13.0 Å². The largest absolute Gasteiger partial charge is 0.507 e. The van der Waals surface area contributed by atoms with Crippen LogP contribution >= 0.6 is 0 Å². The quantitative estimate of drug-likeness (QED) is 0.408. The molecule has 7 heteroatoms. The van der Waals surface area contributed by atoms with Gasteiger partial charge < -0.3 is 24.2 Å². The minimum atomic E-state index is -0.773. The van der Waals surface area contributed by atoms with Crippen molar-refractivity contribution in [3.63, 3.8) is 0 Å². The van der Waals surface area contributed by atoms with E-state index in [0.717, 1.165) is 0 Å². The van der Waals surface area contributed by atoms with E-state index in [-0.39, 0.29) is 24.5 Å². The lowest BCUT2D eigenvalue weighted by Gasteiger charge is -2.25. The summed E-state index contributed by atoms with van der Waals surface area (Å²) in [7, 11) is 3.00. The maximum absolute atomic E-state index is 13.0. The zero-order chi connectivity index (χ0) is 21.7. The van der Waals surface area contributed by atoms with Crippen LogP contribution in [0.1, 0.15) is 24.1 Å². The van der Waals surface area contributed by atoms with Crippen LogP contribution in [-0.2, 0) is 14.3 Å². The number of benzene rings is 2. The van der Waals surface area contributed by atoms with Gasteiger partial charge in [-0.1, -0.05) is 24.3 Å². The minimum absolute atomic E-state index is 0.00857. The van der Waals surface area contributed by atoms with E-state index in [1.165, 1.54) is 19.1 Å². The number of rotatable bonds is 8. The second-order valence-electron chi connectivity index (χ2n) is 6.69. The molecule has 1 atom stereocenters. The fourth-order valence-electron chi connectivity index (χ4n) is 3.57. The first-order chi connectivity index (χ1) is 14.5. The lowest BCUT2D eigenvalue weighted by molar-refractivity contribution is -0.140. The molecule has 158 valence electrons. The molecule has 1 amide bonds. The van der Waals surface area contributed by atoms with Crippen molar-refractivity contribution in [2.24, 2.45) is 0 Å². The van der Waals surface area contributed by atoms with Gasteiger partial charge in [-0.3, -0.25) is 9.59 Å². The molecule has 30 heavy (non-hydrogen) atoms. The van der Waals surface area contributed by atoms with Gasteiger partial charge in [0.25, 0.3) is 11.7 Å². The molecule has 2 aromatic carbocycles. The second kappa shape index (κ2) is 9.45. The van der Waals surface area contributed by atoms with Crippen LogP contribution in [0.4, 0.5) is 0 Å². The number of aliphatic hydroxyl groups is 1. The normalized spacial score (nSPS) is 18.0. The number of ether oxygens (including phenoxy) is 3. The van der Waals surface area contributed by atoms with Crippen molar-refractivity contribution in [3.05, 3.63) is 65.2 Å². The maximum Gasteiger partial charge on any atom is 0.295 e. The summed E-state index contributed by atoms with van der Waals surface area (Å²) in [4.78, 5) is 27.2. The van der Waals surface area contributed by atoms with Crippen molar-refractivity contribution in [2.75, 3.05) is 34.0 Å². The molecule has 1 unspecified atom stereocenters. The minimum Gasteiger partial charge on any atom is -0.507 e. The number of hydrogen-bond acceptors (Lipinski definition) is 6. The average molecular weight is 411 g/mol. The highest BCUT2D eigenvalue weighted by Gasteiger charge is 2.46. The molecular weight excluding hydrogens is 386 g/mol. The Kier molecular flexibility index (Phi) is 6.74. The summed E-state index contributed by atoms with van der Waals surface area (Å²) >= 11 is 0. The van der Waals surface area contributed by atoms with E-state index in [2.05, 4.69) is 0 Å². The first-order valence-electron chi connectivity index (χ1n) is 9.67. The highest BCUT2D eigenvalue weighted by molar-refractivity contribution is 6.46. The Hall–Kier alpha value is -3.32. The molecular formula is C23H25NO6. The maximum atomic E-state index is 13.0. The molecule has 1 heterocycles. The zero-order valence-electron chi connectivity index (χ0n) is 17.3. The molecule has 0 spiro atoms. The van der Waals surface area contributed by atoms with Gasteiger partial charge in [0.2, 0.25) is 0 Å².